The zero-order chi connectivity index (χ0) is 10.1. The van der Waals surface area contributed by atoms with Crippen molar-refractivity contribution in [1.82, 2.24) is 4.98 Å². The van der Waals surface area contributed by atoms with Crippen LogP contribution in [0.4, 0.5) is 0 Å². The molecule has 0 saturated carbocycles. The Morgan fingerprint density at radius 1 is 1.29 bits per heavy atom. The van der Waals surface area contributed by atoms with Gasteiger partial charge in [-0.05, 0) is 35.0 Å². The molecule has 0 unspecified atom stereocenters. The average Bonchev–Trinajstić information content (AvgIpc) is 2.25. The molecule has 0 bridgehead atoms. The Morgan fingerprint density at radius 3 is 2.86 bits per heavy atom. The lowest BCUT2D eigenvalue weighted by atomic mass is 10.2. The van der Waals surface area contributed by atoms with E-state index in [4.69, 9.17) is 0 Å². The van der Waals surface area contributed by atoms with E-state index in [1.807, 2.05) is 12.3 Å². The van der Waals surface area contributed by atoms with Gasteiger partial charge in [0, 0.05) is 12.4 Å². The summed E-state index contributed by atoms with van der Waals surface area (Å²) in [4.78, 5) is 4.05. The number of allylic oxidation sites excluding steroid dienone is 2. The van der Waals surface area contributed by atoms with Crippen LogP contribution < -0.4 is 0 Å². The Labute approximate surface area is 99.1 Å². The molecule has 0 spiro atoms. The van der Waals surface area contributed by atoms with Crippen LogP contribution in [0.5, 0.6) is 0 Å². The van der Waals surface area contributed by atoms with Crippen LogP contribution in [-0.4, -0.2) is 4.98 Å². The summed E-state index contributed by atoms with van der Waals surface area (Å²) in [7, 11) is 0. The minimum absolute atomic E-state index is 1.13. The maximum Gasteiger partial charge on any atom is 0.0340 e. The fourth-order valence-corrected chi connectivity index (χ4v) is 1.47. The highest BCUT2D eigenvalue weighted by Crippen LogP contribution is 2.03. The van der Waals surface area contributed by atoms with Gasteiger partial charge < -0.3 is 0 Å². The molecule has 0 aliphatic carbocycles. The lowest BCUT2D eigenvalue weighted by Gasteiger charge is -1.91. The summed E-state index contributed by atoms with van der Waals surface area (Å²) >= 11 is 2.25. The predicted octanol–water partition coefficient (Wildman–Crippen LogP) is 4.21. The number of unbranched alkanes of at least 4 members (excludes halogenated alkanes) is 2. The van der Waals surface area contributed by atoms with Crippen LogP contribution in [0, 0.1) is 0 Å². The molecule has 0 aliphatic heterocycles. The maximum atomic E-state index is 4.05. The molecular formula is C12H14IN. The summed E-state index contributed by atoms with van der Waals surface area (Å²) in [6.45, 7) is 0. The van der Waals surface area contributed by atoms with Crippen LogP contribution in [0.15, 0.2) is 40.8 Å². The first-order valence-electron chi connectivity index (χ1n) is 4.75. The summed E-state index contributed by atoms with van der Waals surface area (Å²) in [5.41, 5.74) is 1.18. The number of pyridine rings is 1. The van der Waals surface area contributed by atoms with Gasteiger partial charge >= 0.3 is 0 Å². The van der Waals surface area contributed by atoms with Gasteiger partial charge in [-0.1, -0.05) is 46.9 Å². The van der Waals surface area contributed by atoms with Crippen molar-refractivity contribution in [2.24, 2.45) is 0 Å². The van der Waals surface area contributed by atoms with Gasteiger partial charge in [0.15, 0.2) is 0 Å². The van der Waals surface area contributed by atoms with E-state index in [1.54, 1.807) is 6.20 Å². The predicted molar refractivity (Wildman–Crippen MR) is 70.3 cm³/mol. The van der Waals surface area contributed by atoms with Crippen LogP contribution in [0.3, 0.4) is 0 Å². The number of halogens is 1. The third-order valence-electron chi connectivity index (χ3n) is 1.83. The Kier molecular flexibility index (Phi) is 6.32. The monoisotopic (exact) mass is 299 g/mol. The smallest absolute Gasteiger partial charge is 0.0340 e. The van der Waals surface area contributed by atoms with Gasteiger partial charge in [-0.3, -0.25) is 4.98 Å². The molecule has 2 heteroatoms. The molecule has 0 radical (unpaired) electrons. The third-order valence-corrected chi connectivity index (χ3v) is 2.33. The largest absolute Gasteiger partial charge is 0.264 e. The second-order valence-electron chi connectivity index (χ2n) is 2.98. The first-order valence-corrected chi connectivity index (χ1v) is 6.00. The topological polar surface area (TPSA) is 12.9 Å². The number of hydrogen-bond acceptors (Lipinski definition) is 1. The van der Waals surface area contributed by atoms with Gasteiger partial charge in [-0.2, -0.15) is 0 Å². The van der Waals surface area contributed by atoms with E-state index < -0.39 is 0 Å². The van der Waals surface area contributed by atoms with E-state index in [1.165, 1.54) is 18.4 Å². The summed E-state index contributed by atoms with van der Waals surface area (Å²) in [5, 5.41) is 0. The highest BCUT2D eigenvalue weighted by Gasteiger charge is 1.83. The quantitative estimate of drug-likeness (QED) is 0.586. The lowest BCUT2D eigenvalue weighted by molar-refractivity contribution is 0.872. The number of rotatable bonds is 5. The molecular weight excluding hydrogens is 285 g/mol. The summed E-state index contributed by atoms with van der Waals surface area (Å²) < 4.78 is 2.07. The van der Waals surface area contributed by atoms with E-state index in [9.17, 15) is 0 Å². The Bertz CT molecular complexity index is 290. The standard InChI is InChI=1S/C12H14IN/c13-9-5-3-1-2-4-7-12-8-6-10-14-11-12/h4-11H,1-3H2/b7-4+,9-5+. The van der Waals surface area contributed by atoms with Crippen molar-refractivity contribution in [1.29, 1.82) is 0 Å². The van der Waals surface area contributed by atoms with Crippen LogP contribution in [0.25, 0.3) is 6.08 Å². The highest BCUT2D eigenvalue weighted by molar-refractivity contribution is 14.1. The number of aromatic nitrogens is 1. The van der Waals surface area contributed by atoms with Crippen molar-refractivity contribution >= 4 is 28.7 Å². The molecule has 1 rings (SSSR count). The summed E-state index contributed by atoms with van der Waals surface area (Å²) in [5.74, 6) is 0. The van der Waals surface area contributed by atoms with Gasteiger partial charge in [-0.25, -0.2) is 0 Å². The van der Waals surface area contributed by atoms with Crippen molar-refractivity contribution < 1.29 is 0 Å². The van der Waals surface area contributed by atoms with E-state index >= 15 is 0 Å². The van der Waals surface area contributed by atoms with Gasteiger partial charge in [0.1, 0.15) is 0 Å². The average molecular weight is 299 g/mol. The van der Waals surface area contributed by atoms with Gasteiger partial charge in [-0.15, -0.1) is 0 Å². The molecule has 14 heavy (non-hydrogen) atoms. The Balaban J connectivity index is 2.21. The zero-order valence-electron chi connectivity index (χ0n) is 8.07. The number of hydrogen-bond donors (Lipinski definition) is 0. The van der Waals surface area contributed by atoms with Crippen LogP contribution in [-0.2, 0) is 0 Å². The maximum absolute atomic E-state index is 4.05. The minimum atomic E-state index is 1.13. The van der Waals surface area contributed by atoms with E-state index in [2.05, 4.69) is 56.0 Å². The molecule has 0 N–H and O–H groups in total. The molecule has 0 amide bonds. The first-order chi connectivity index (χ1) is 6.93. The van der Waals surface area contributed by atoms with Crippen molar-refractivity contribution in [2.75, 3.05) is 0 Å². The normalized spacial score (nSPS) is 11.5. The molecule has 0 saturated heterocycles. The van der Waals surface area contributed by atoms with E-state index in [0.29, 0.717) is 0 Å². The van der Waals surface area contributed by atoms with Gasteiger partial charge in [0.25, 0.3) is 0 Å². The Hall–Kier alpha value is -0.640. The molecule has 0 fully saturated rings. The van der Waals surface area contributed by atoms with Crippen LogP contribution >= 0.6 is 22.6 Å². The molecule has 0 aliphatic rings. The van der Waals surface area contributed by atoms with Crippen molar-refractivity contribution in [3.8, 4) is 0 Å². The van der Waals surface area contributed by atoms with Crippen molar-refractivity contribution in [3.05, 3.63) is 46.3 Å². The molecule has 74 valence electrons. The van der Waals surface area contributed by atoms with Crippen LogP contribution in [0.2, 0.25) is 0 Å². The molecule has 0 atom stereocenters. The van der Waals surface area contributed by atoms with E-state index in [-0.39, 0.29) is 0 Å². The minimum Gasteiger partial charge on any atom is -0.264 e. The highest BCUT2D eigenvalue weighted by atomic mass is 127. The van der Waals surface area contributed by atoms with Crippen molar-refractivity contribution in [2.45, 2.75) is 19.3 Å². The molecule has 1 aromatic heterocycles. The second kappa shape index (κ2) is 7.74. The zero-order valence-corrected chi connectivity index (χ0v) is 10.2. The molecule has 0 aromatic carbocycles. The van der Waals surface area contributed by atoms with Gasteiger partial charge in [0.2, 0.25) is 0 Å². The van der Waals surface area contributed by atoms with Gasteiger partial charge in [0.05, 0.1) is 0 Å². The SMILES string of the molecule is I/C=C/CCC/C=C/c1cccnc1. The molecule has 1 aromatic rings. The third kappa shape index (κ3) is 5.17. The summed E-state index contributed by atoms with van der Waals surface area (Å²) in [6.07, 6.45) is 13.7. The fourth-order valence-electron chi connectivity index (χ4n) is 1.11. The first kappa shape index (κ1) is 11.4. The second-order valence-corrected chi connectivity index (χ2v) is 3.70. The van der Waals surface area contributed by atoms with Crippen LogP contribution in [0.1, 0.15) is 24.8 Å². The molecule has 1 nitrogen and oxygen atoms in total. The van der Waals surface area contributed by atoms with E-state index in [0.717, 1.165) is 6.42 Å². The Morgan fingerprint density at radius 2 is 2.14 bits per heavy atom. The molecule has 1 heterocycles. The fraction of sp³-hybridized carbons (Fsp3) is 0.250. The van der Waals surface area contributed by atoms with Crippen molar-refractivity contribution in [3.63, 3.8) is 0 Å². The lowest BCUT2D eigenvalue weighted by Crippen LogP contribution is -1.73. The summed E-state index contributed by atoms with van der Waals surface area (Å²) in [6, 6.07) is 4.02. The number of nitrogens with zero attached hydrogens (tertiary/aromatic N) is 1.